The predicted octanol–water partition coefficient (Wildman–Crippen LogP) is 2.92. The maximum atomic E-state index is 5.44. The van der Waals surface area contributed by atoms with Crippen LogP contribution in [-0.2, 0) is 17.8 Å². The Balaban J connectivity index is 0.00000420. The Labute approximate surface area is 194 Å². The van der Waals surface area contributed by atoms with Crippen LogP contribution >= 0.6 is 24.0 Å². The molecule has 1 atom stereocenters. The summed E-state index contributed by atoms with van der Waals surface area (Å²) < 4.78 is 5.44. The van der Waals surface area contributed by atoms with Crippen molar-refractivity contribution in [2.45, 2.75) is 46.8 Å². The van der Waals surface area contributed by atoms with Crippen LogP contribution in [0, 0.1) is 0 Å². The van der Waals surface area contributed by atoms with E-state index in [1.54, 1.807) is 0 Å². The summed E-state index contributed by atoms with van der Waals surface area (Å²) in [6, 6.07) is 9.31. The van der Waals surface area contributed by atoms with E-state index in [4.69, 9.17) is 9.73 Å². The van der Waals surface area contributed by atoms with Gasteiger partial charge >= 0.3 is 0 Å². The SMILES string of the molecule is CCNC(=NCc1ccc(CN(CC)CC)cc1)NCC(C)N1CCOCC1.I. The summed E-state index contributed by atoms with van der Waals surface area (Å²) in [4.78, 5) is 9.66. The van der Waals surface area contributed by atoms with Gasteiger partial charge in [-0.05, 0) is 38.1 Å². The Kier molecular flexibility index (Phi) is 13.5. The fourth-order valence-electron chi connectivity index (χ4n) is 3.36. The van der Waals surface area contributed by atoms with Gasteiger partial charge in [-0.2, -0.15) is 0 Å². The highest BCUT2D eigenvalue weighted by molar-refractivity contribution is 14.0. The van der Waals surface area contributed by atoms with Crippen molar-refractivity contribution in [3.63, 3.8) is 0 Å². The van der Waals surface area contributed by atoms with Crippen molar-refractivity contribution in [1.29, 1.82) is 0 Å². The number of morpholine rings is 1. The van der Waals surface area contributed by atoms with Crippen molar-refractivity contribution in [2.75, 3.05) is 52.5 Å². The fourth-order valence-corrected chi connectivity index (χ4v) is 3.36. The molecule has 0 radical (unpaired) electrons. The minimum atomic E-state index is 0. The van der Waals surface area contributed by atoms with Crippen LogP contribution in [0.5, 0.6) is 0 Å². The van der Waals surface area contributed by atoms with Crippen LogP contribution in [0.1, 0.15) is 38.8 Å². The molecule has 0 amide bonds. The number of nitrogens with zero attached hydrogens (tertiary/aromatic N) is 3. The number of aliphatic imine (C=N–C) groups is 1. The Hall–Kier alpha value is -0.900. The van der Waals surface area contributed by atoms with E-state index >= 15 is 0 Å². The normalized spacial score (nSPS) is 16.4. The van der Waals surface area contributed by atoms with Crippen LogP contribution in [0.4, 0.5) is 0 Å². The molecule has 1 fully saturated rings. The molecule has 166 valence electrons. The van der Waals surface area contributed by atoms with Gasteiger partial charge in [-0.15, -0.1) is 24.0 Å². The molecule has 0 spiro atoms. The molecule has 1 saturated heterocycles. The van der Waals surface area contributed by atoms with Gasteiger partial charge in [0.1, 0.15) is 0 Å². The second-order valence-corrected chi connectivity index (χ2v) is 7.35. The number of rotatable bonds is 10. The van der Waals surface area contributed by atoms with Crippen LogP contribution in [-0.4, -0.2) is 74.3 Å². The monoisotopic (exact) mass is 517 g/mol. The van der Waals surface area contributed by atoms with E-state index in [-0.39, 0.29) is 24.0 Å². The lowest BCUT2D eigenvalue weighted by atomic mass is 10.1. The summed E-state index contributed by atoms with van der Waals surface area (Å²) in [7, 11) is 0. The van der Waals surface area contributed by atoms with E-state index in [1.807, 2.05) is 0 Å². The highest BCUT2D eigenvalue weighted by atomic mass is 127. The van der Waals surface area contributed by atoms with Crippen molar-refractivity contribution in [3.05, 3.63) is 35.4 Å². The van der Waals surface area contributed by atoms with E-state index in [1.165, 1.54) is 11.1 Å². The second-order valence-electron chi connectivity index (χ2n) is 7.35. The number of benzene rings is 1. The van der Waals surface area contributed by atoms with Crippen molar-refractivity contribution in [2.24, 2.45) is 4.99 Å². The van der Waals surface area contributed by atoms with Gasteiger partial charge in [0.25, 0.3) is 0 Å². The molecule has 1 aliphatic heterocycles. The standard InChI is InChI=1S/C22H39N5O.HI/c1-5-23-22(24-16-19(4)27-12-14-28-15-13-27)25-17-20-8-10-21(11-9-20)18-26(6-2)7-3;/h8-11,19H,5-7,12-18H2,1-4H3,(H2,23,24,25);1H. The lowest BCUT2D eigenvalue weighted by Crippen LogP contribution is -2.49. The summed E-state index contributed by atoms with van der Waals surface area (Å²) in [5.74, 6) is 0.884. The first-order chi connectivity index (χ1) is 13.7. The number of nitrogens with one attached hydrogen (secondary N) is 2. The molecule has 1 aliphatic rings. The highest BCUT2D eigenvalue weighted by Gasteiger charge is 2.16. The molecule has 2 rings (SSSR count). The molecule has 1 aromatic rings. The minimum absolute atomic E-state index is 0. The van der Waals surface area contributed by atoms with Crippen molar-refractivity contribution in [1.82, 2.24) is 20.4 Å². The molecule has 7 heteroatoms. The van der Waals surface area contributed by atoms with E-state index in [2.05, 4.69) is 72.4 Å². The summed E-state index contributed by atoms with van der Waals surface area (Å²) in [6.07, 6.45) is 0. The first kappa shape index (κ1) is 26.1. The number of hydrogen-bond acceptors (Lipinski definition) is 4. The van der Waals surface area contributed by atoms with Gasteiger partial charge in [-0.1, -0.05) is 38.1 Å². The molecule has 1 heterocycles. The third-order valence-electron chi connectivity index (χ3n) is 5.32. The maximum absolute atomic E-state index is 5.44. The molecule has 0 aliphatic carbocycles. The lowest BCUT2D eigenvalue weighted by molar-refractivity contribution is 0.0211. The molecule has 0 saturated carbocycles. The quantitative estimate of drug-likeness (QED) is 0.284. The fraction of sp³-hybridized carbons (Fsp3) is 0.682. The lowest BCUT2D eigenvalue weighted by Gasteiger charge is -2.32. The number of guanidine groups is 1. The molecule has 6 nitrogen and oxygen atoms in total. The zero-order valence-corrected chi connectivity index (χ0v) is 20.9. The van der Waals surface area contributed by atoms with Crippen LogP contribution < -0.4 is 10.6 Å². The van der Waals surface area contributed by atoms with Crippen LogP contribution in [0.15, 0.2) is 29.3 Å². The number of hydrogen-bond donors (Lipinski definition) is 2. The zero-order valence-electron chi connectivity index (χ0n) is 18.6. The summed E-state index contributed by atoms with van der Waals surface area (Å²) in [5, 5.41) is 6.84. The molecule has 29 heavy (non-hydrogen) atoms. The van der Waals surface area contributed by atoms with E-state index in [0.717, 1.165) is 65.0 Å². The highest BCUT2D eigenvalue weighted by Crippen LogP contribution is 2.09. The largest absolute Gasteiger partial charge is 0.379 e. The Morgan fingerprint density at radius 1 is 1.07 bits per heavy atom. The van der Waals surface area contributed by atoms with Crippen molar-refractivity contribution < 1.29 is 4.74 Å². The molecule has 1 unspecified atom stereocenters. The molecule has 2 N–H and O–H groups in total. The van der Waals surface area contributed by atoms with Gasteiger partial charge in [0.2, 0.25) is 0 Å². The summed E-state index contributed by atoms with van der Waals surface area (Å²) >= 11 is 0. The average Bonchev–Trinajstić information content (AvgIpc) is 2.75. The average molecular weight is 518 g/mol. The summed E-state index contributed by atoms with van der Waals surface area (Å²) in [6.45, 7) is 18.1. The van der Waals surface area contributed by atoms with E-state index in [9.17, 15) is 0 Å². The smallest absolute Gasteiger partial charge is 0.191 e. The molecular formula is C22H40IN5O. The third-order valence-corrected chi connectivity index (χ3v) is 5.32. The second kappa shape index (κ2) is 15.0. The van der Waals surface area contributed by atoms with Gasteiger partial charge in [0.05, 0.1) is 19.8 Å². The number of ether oxygens (including phenoxy) is 1. The molecule has 1 aromatic carbocycles. The van der Waals surface area contributed by atoms with Crippen molar-refractivity contribution in [3.8, 4) is 0 Å². The first-order valence-electron chi connectivity index (χ1n) is 10.8. The van der Waals surface area contributed by atoms with Gasteiger partial charge in [-0.25, -0.2) is 4.99 Å². The number of halogens is 1. The minimum Gasteiger partial charge on any atom is -0.379 e. The van der Waals surface area contributed by atoms with Crippen LogP contribution in [0.2, 0.25) is 0 Å². The van der Waals surface area contributed by atoms with Crippen molar-refractivity contribution >= 4 is 29.9 Å². The zero-order chi connectivity index (χ0) is 20.2. The van der Waals surface area contributed by atoms with Gasteiger partial charge in [-0.3, -0.25) is 9.80 Å². The van der Waals surface area contributed by atoms with Gasteiger partial charge < -0.3 is 15.4 Å². The Morgan fingerprint density at radius 2 is 1.69 bits per heavy atom. The van der Waals surface area contributed by atoms with Gasteiger partial charge in [0.15, 0.2) is 5.96 Å². The van der Waals surface area contributed by atoms with E-state index < -0.39 is 0 Å². The van der Waals surface area contributed by atoms with Crippen LogP contribution in [0.3, 0.4) is 0 Å². The van der Waals surface area contributed by atoms with Crippen LogP contribution in [0.25, 0.3) is 0 Å². The third kappa shape index (κ3) is 9.63. The predicted molar refractivity (Wildman–Crippen MR) is 133 cm³/mol. The van der Waals surface area contributed by atoms with Gasteiger partial charge in [0, 0.05) is 38.8 Å². The topological polar surface area (TPSA) is 52.1 Å². The Bertz CT molecular complexity index is 571. The molecule has 0 bridgehead atoms. The molecular weight excluding hydrogens is 477 g/mol. The maximum Gasteiger partial charge on any atom is 0.191 e. The first-order valence-corrected chi connectivity index (χ1v) is 10.8. The Morgan fingerprint density at radius 3 is 2.28 bits per heavy atom. The molecule has 0 aromatic heterocycles. The van der Waals surface area contributed by atoms with E-state index in [0.29, 0.717) is 12.6 Å². The summed E-state index contributed by atoms with van der Waals surface area (Å²) in [5.41, 5.74) is 2.60.